The molecular weight excluding hydrogens is 586 g/mol. The molecule has 3 aromatic carbocycles. The van der Waals surface area contributed by atoms with Crippen LogP contribution in [0.5, 0.6) is 0 Å². The van der Waals surface area contributed by atoms with Crippen molar-refractivity contribution in [2.24, 2.45) is 0 Å². The van der Waals surface area contributed by atoms with E-state index in [0.29, 0.717) is 6.07 Å². The summed E-state index contributed by atoms with van der Waals surface area (Å²) >= 11 is 2.58. The SMILES string of the molecule is N#Cc1ccccc1-c1c(Br)cc(C(F)(F)F)c(-c2ccccc2C#N)c1C(F)(C(F)(F)F)C(F)(F)F. The number of alkyl halides is 10. The molecule has 3 rings (SSSR count). The van der Waals surface area contributed by atoms with E-state index in [-0.39, 0.29) is 6.07 Å². The fourth-order valence-electron chi connectivity index (χ4n) is 3.80. The highest BCUT2D eigenvalue weighted by Gasteiger charge is 2.75. The van der Waals surface area contributed by atoms with E-state index in [2.05, 4.69) is 15.9 Å². The highest BCUT2D eigenvalue weighted by atomic mass is 79.9. The van der Waals surface area contributed by atoms with Crippen molar-refractivity contribution < 1.29 is 43.9 Å². The van der Waals surface area contributed by atoms with Crippen molar-refractivity contribution in [1.82, 2.24) is 0 Å². The number of hydrogen-bond donors (Lipinski definition) is 0. The molecule has 0 N–H and O–H groups in total. The maximum atomic E-state index is 15.8. The monoisotopic (exact) mass is 594 g/mol. The Balaban J connectivity index is 2.83. The van der Waals surface area contributed by atoms with Gasteiger partial charge in [-0.1, -0.05) is 52.3 Å². The summed E-state index contributed by atoms with van der Waals surface area (Å²) in [5, 5.41) is 18.8. The quantitative estimate of drug-likeness (QED) is 0.284. The molecule has 0 heterocycles. The predicted molar refractivity (Wildman–Crippen MR) is 114 cm³/mol. The molecule has 0 fully saturated rings. The number of rotatable bonds is 3. The Bertz CT molecular complexity index is 1430. The number of hydrogen-bond acceptors (Lipinski definition) is 2. The van der Waals surface area contributed by atoms with Gasteiger partial charge in [-0.2, -0.15) is 50.0 Å². The van der Waals surface area contributed by atoms with Crippen LogP contribution >= 0.6 is 15.9 Å². The summed E-state index contributed by atoms with van der Waals surface area (Å²) in [6.07, 6.45) is -19.2. The van der Waals surface area contributed by atoms with Crippen molar-refractivity contribution >= 4 is 15.9 Å². The fraction of sp³-hybridized carbons (Fsp3) is 0.167. The van der Waals surface area contributed by atoms with Gasteiger partial charge in [-0.3, -0.25) is 0 Å². The zero-order valence-electron chi connectivity index (χ0n) is 17.7. The summed E-state index contributed by atoms with van der Waals surface area (Å²) in [4.78, 5) is 0. The Morgan fingerprint density at radius 1 is 0.622 bits per heavy atom. The van der Waals surface area contributed by atoms with Gasteiger partial charge in [-0.05, 0) is 18.2 Å². The van der Waals surface area contributed by atoms with Crippen LogP contribution in [0.15, 0.2) is 59.1 Å². The minimum atomic E-state index is -6.82. The molecule has 0 atom stereocenters. The third-order valence-corrected chi connectivity index (χ3v) is 5.97. The Hall–Kier alpha value is -3.58. The summed E-state index contributed by atoms with van der Waals surface area (Å²) in [5.41, 5.74) is -17.0. The molecule has 192 valence electrons. The molecule has 13 heteroatoms. The highest BCUT2D eigenvalue weighted by molar-refractivity contribution is 9.10. The summed E-state index contributed by atoms with van der Waals surface area (Å²) in [6, 6.07) is 10.8. The van der Waals surface area contributed by atoms with Crippen molar-refractivity contribution in [2.75, 3.05) is 0 Å². The van der Waals surface area contributed by atoms with Crippen molar-refractivity contribution in [2.45, 2.75) is 24.2 Å². The number of benzene rings is 3. The molecule has 0 radical (unpaired) electrons. The fourth-order valence-corrected chi connectivity index (χ4v) is 4.44. The average molecular weight is 595 g/mol. The number of nitrogens with zero attached hydrogens (tertiary/aromatic N) is 2. The number of halogens is 11. The zero-order chi connectivity index (χ0) is 28.0. The lowest BCUT2D eigenvalue weighted by Crippen LogP contribution is -2.51. The van der Waals surface area contributed by atoms with E-state index in [0.717, 1.165) is 36.4 Å². The summed E-state index contributed by atoms with van der Waals surface area (Å²) in [6.45, 7) is 0. The van der Waals surface area contributed by atoms with Crippen LogP contribution in [0.1, 0.15) is 22.3 Å². The van der Waals surface area contributed by atoms with Crippen LogP contribution < -0.4 is 0 Å². The van der Waals surface area contributed by atoms with Crippen LogP contribution in [-0.4, -0.2) is 12.4 Å². The molecule has 0 aliphatic heterocycles. The third-order valence-electron chi connectivity index (χ3n) is 5.34. The van der Waals surface area contributed by atoms with Gasteiger partial charge in [0, 0.05) is 32.3 Å². The molecule has 0 saturated heterocycles. The normalized spacial score (nSPS) is 12.7. The van der Waals surface area contributed by atoms with E-state index in [1.54, 1.807) is 0 Å². The lowest BCUT2D eigenvalue weighted by Gasteiger charge is -2.35. The van der Waals surface area contributed by atoms with Crippen LogP contribution in [0, 0.1) is 22.7 Å². The van der Waals surface area contributed by atoms with Gasteiger partial charge in [0.2, 0.25) is 0 Å². The third kappa shape index (κ3) is 4.64. The van der Waals surface area contributed by atoms with Gasteiger partial charge < -0.3 is 0 Å². The Kier molecular flexibility index (Phi) is 7.10. The van der Waals surface area contributed by atoms with Gasteiger partial charge in [0.25, 0.3) is 0 Å². The topological polar surface area (TPSA) is 47.6 Å². The average Bonchev–Trinajstić information content (AvgIpc) is 2.80. The molecule has 0 amide bonds. The Morgan fingerprint density at radius 2 is 1.03 bits per heavy atom. The van der Waals surface area contributed by atoms with Gasteiger partial charge in [0.05, 0.1) is 28.8 Å². The van der Waals surface area contributed by atoms with E-state index < -0.39 is 73.2 Å². The van der Waals surface area contributed by atoms with E-state index in [1.165, 1.54) is 18.2 Å². The second-order valence-corrected chi connectivity index (χ2v) is 8.35. The van der Waals surface area contributed by atoms with E-state index in [1.807, 2.05) is 0 Å². The predicted octanol–water partition coefficient (Wildman–Crippen LogP) is 8.83. The van der Waals surface area contributed by atoms with Gasteiger partial charge in [0.15, 0.2) is 0 Å². The van der Waals surface area contributed by atoms with Gasteiger partial charge in [0.1, 0.15) is 0 Å². The first-order valence-electron chi connectivity index (χ1n) is 9.76. The molecule has 2 nitrogen and oxygen atoms in total. The van der Waals surface area contributed by atoms with Crippen molar-refractivity contribution in [3.8, 4) is 34.4 Å². The van der Waals surface area contributed by atoms with Crippen LogP contribution in [0.3, 0.4) is 0 Å². The molecule has 0 saturated carbocycles. The Morgan fingerprint density at radius 3 is 1.41 bits per heavy atom. The molecule has 0 bridgehead atoms. The van der Waals surface area contributed by atoms with Crippen molar-refractivity contribution in [1.29, 1.82) is 10.5 Å². The van der Waals surface area contributed by atoms with Gasteiger partial charge in [-0.15, -0.1) is 0 Å². The van der Waals surface area contributed by atoms with Crippen LogP contribution in [-0.2, 0) is 11.8 Å². The molecule has 37 heavy (non-hydrogen) atoms. The van der Waals surface area contributed by atoms with Crippen molar-refractivity contribution in [3.63, 3.8) is 0 Å². The summed E-state index contributed by atoms with van der Waals surface area (Å²) in [7, 11) is 0. The Labute approximate surface area is 210 Å². The second kappa shape index (κ2) is 9.38. The van der Waals surface area contributed by atoms with Gasteiger partial charge in [-0.25, -0.2) is 4.39 Å². The standard InChI is InChI=1S/C24H9BrF10N2/c25-17-9-16(22(27,28)29)18(14-7-3-1-5-12(14)10-36)20(21(26,23(30,31)32)24(33,34)35)19(17)15-8-4-2-6-13(15)11-37/h1-9H. The van der Waals surface area contributed by atoms with Crippen LogP contribution in [0.25, 0.3) is 22.3 Å². The molecule has 0 aromatic heterocycles. The lowest BCUT2D eigenvalue weighted by molar-refractivity contribution is -0.348. The lowest BCUT2D eigenvalue weighted by atomic mass is 9.78. The molecule has 0 spiro atoms. The first kappa shape index (κ1) is 28.0. The first-order chi connectivity index (χ1) is 17.0. The molecule has 0 aliphatic rings. The van der Waals surface area contributed by atoms with E-state index in [4.69, 9.17) is 0 Å². The smallest absolute Gasteiger partial charge is 0.218 e. The zero-order valence-corrected chi connectivity index (χ0v) is 19.3. The maximum absolute atomic E-state index is 15.8. The van der Waals surface area contributed by atoms with E-state index in [9.17, 15) is 50.0 Å². The first-order valence-corrected chi connectivity index (χ1v) is 10.6. The summed E-state index contributed by atoms with van der Waals surface area (Å²) < 4.78 is 142. The number of nitriles is 2. The van der Waals surface area contributed by atoms with E-state index >= 15 is 4.39 Å². The maximum Gasteiger partial charge on any atom is 0.435 e. The minimum Gasteiger partial charge on any atom is -0.218 e. The molecule has 0 unspecified atom stereocenters. The molecule has 3 aromatic rings. The van der Waals surface area contributed by atoms with Crippen LogP contribution in [0.4, 0.5) is 43.9 Å². The molecular formula is C24H9BrF10N2. The largest absolute Gasteiger partial charge is 0.435 e. The molecule has 0 aliphatic carbocycles. The summed E-state index contributed by atoms with van der Waals surface area (Å²) in [5.74, 6) is 0. The van der Waals surface area contributed by atoms with Gasteiger partial charge >= 0.3 is 24.2 Å². The van der Waals surface area contributed by atoms with Crippen molar-refractivity contribution in [3.05, 3.63) is 81.3 Å². The highest BCUT2D eigenvalue weighted by Crippen LogP contribution is 2.60. The van der Waals surface area contributed by atoms with Crippen LogP contribution in [0.2, 0.25) is 0 Å². The second-order valence-electron chi connectivity index (χ2n) is 7.50. The minimum absolute atomic E-state index is 0.184.